The molecule has 4 aromatic carbocycles. The predicted octanol–water partition coefficient (Wildman–Crippen LogP) is 11.3. The highest BCUT2D eigenvalue weighted by Gasteiger charge is 2.43. The Morgan fingerprint density at radius 3 is 1.62 bits per heavy atom. The van der Waals surface area contributed by atoms with Gasteiger partial charge in [-0.2, -0.15) is 0 Å². The smallest absolute Gasteiger partial charge is 0.419 e. The summed E-state index contributed by atoms with van der Waals surface area (Å²) in [6.45, 7) is 20.4. The summed E-state index contributed by atoms with van der Waals surface area (Å²) in [5.74, 6) is 0. The molecule has 0 saturated carbocycles. The standard InChI is InChI=1S/2C21H24BrNO3/c1-20(2,3)26-19(25)23-17-8-6-13(12-24)10-15(17)21(4,5)16-11-14(22)7-9-18(16)23;1-20(2,3)17-14(22)7-9-16-18(17)21(4,5)13-10-12(11-24)6-8-15(13)23(16)19(25)26/h6-11,24H,12H2,1-5H3;6-10,24H,11H2,1-5H3,(H,25,26). The zero-order chi connectivity index (χ0) is 38.7. The Hall–Kier alpha value is -3.70. The third-order valence-corrected chi connectivity index (χ3v) is 10.9. The second-order valence-electron chi connectivity index (χ2n) is 16.4. The Kier molecular flexibility index (Phi) is 10.6. The Bertz CT molecular complexity index is 2060. The van der Waals surface area contributed by atoms with Crippen molar-refractivity contribution in [1.82, 2.24) is 0 Å². The monoisotopic (exact) mass is 834 g/mol. The fraction of sp³-hybridized carbons (Fsp3) is 0.381. The summed E-state index contributed by atoms with van der Waals surface area (Å²) in [7, 11) is 0. The van der Waals surface area contributed by atoms with E-state index in [1.807, 2.05) is 75.4 Å². The molecular formula is C42H48Br2N2O6. The van der Waals surface area contributed by atoms with Crippen LogP contribution >= 0.6 is 31.9 Å². The summed E-state index contributed by atoms with van der Waals surface area (Å²) in [4.78, 5) is 28.2. The molecule has 10 heteroatoms. The van der Waals surface area contributed by atoms with Gasteiger partial charge in [0, 0.05) is 19.8 Å². The van der Waals surface area contributed by atoms with Gasteiger partial charge in [0.2, 0.25) is 0 Å². The van der Waals surface area contributed by atoms with Crippen LogP contribution in [0.25, 0.3) is 0 Å². The first-order valence-corrected chi connectivity index (χ1v) is 18.8. The van der Waals surface area contributed by atoms with Crippen LogP contribution in [0.1, 0.15) is 108 Å². The molecule has 0 bridgehead atoms. The number of carboxylic acid groups (broad SMARTS) is 1. The van der Waals surface area contributed by atoms with Crippen molar-refractivity contribution in [1.29, 1.82) is 0 Å². The number of carbonyl (C=O) groups excluding carboxylic acids is 1. The maximum atomic E-state index is 13.0. The molecule has 8 nitrogen and oxygen atoms in total. The van der Waals surface area contributed by atoms with Crippen LogP contribution in [0, 0.1) is 0 Å². The molecule has 6 rings (SSSR count). The topological polar surface area (TPSA) is 111 Å². The van der Waals surface area contributed by atoms with E-state index in [2.05, 4.69) is 80.3 Å². The number of hydrogen-bond acceptors (Lipinski definition) is 5. The number of fused-ring (bicyclic) bond motifs is 4. The van der Waals surface area contributed by atoms with Gasteiger partial charge < -0.3 is 20.1 Å². The number of aliphatic hydroxyl groups is 2. The average Bonchev–Trinajstić information content (AvgIpc) is 3.04. The van der Waals surface area contributed by atoms with Crippen LogP contribution < -0.4 is 9.80 Å². The van der Waals surface area contributed by atoms with Crippen LogP contribution in [0.3, 0.4) is 0 Å². The molecule has 0 atom stereocenters. The van der Waals surface area contributed by atoms with E-state index in [-0.39, 0.29) is 24.0 Å². The van der Waals surface area contributed by atoms with Gasteiger partial charge in [-0.1, -0.05) is 105 Å². The molecule has 0 aliphatic carbocycles. The molecule has 0 saturated heterocycles. The zero-order valence-corrected chi connectivity index (χ0v) is 34.7. The van der Waals surface area contributed by atoms with Crippen molar-refractivity contribution in [2.75, 3.05) is 9.80 Å². The molecule has 0 unspecified atom stereocenters. The van der Waals surface area contributed by atoms with Crippen molar-refractivity contribution in [3.63, 3.8) is 0 Å². The number of anilines is 4. The van der Waals surface area contributed by atoms with Crippen molar-refractivity contribution in [3.05, 3.63) is 115 Å². The zero-order valence-electron chi connectivity index (χ0n) is 31.5. The van der Waals surface area contributed by atoms with E-state index in [0.717, 1.165) is 59.3 Å². The van der Waals surface area contributed by atoms with Gasteiger partial charge in [0.1, 0.15) is 5.60 Å². The molecule has 2 amide bonds. The van der Waals surface area contributed by atoms with Crippen LogP contribution in [0.5, 0.6) is 0 Å². The van der Waals surface area contributed by atoms with Crippen molar-refractivity contribution in [2.45, 2.75) is 104 Å². The number of nitrogens with zero attached hydrogens (tertiary/aromatic N) is 2. The molecule has 52 heavy (non-hydrogen) atoms. The third-order valence-electron chi connectivity index (χ3n) is 9.70. The van der Waals surface area contributed by atoms with E-state index in [4.69, 9.17) is 4.74 Å². The minimum atomic E-state index is -1.01. The predicted molar refractivity (Wildman–Crippen MR) is 215 cm³/mol. The van der Waals surface area contributed by atoms with Crippen LogP contribution in [0.15, 0.2) is 75.7 Å². The van der Waals surface area contributed by atoms with E-state index in [1.54, 1.807) is 17.0 Å². The minimum absolute atomic E-state index is 0.0405. The third kappa shape index (κ3) is 7.15. The fourth-order valence-corrected chi connectivity index (χ4v) is 8.61. The molecule has 0 radical (unpaired) electrons. The maximum Gasteiger partial charge on any atom is 0.419 e. The number of benzene rings is 4. The number of halogens is 2. The number of aliphatic hydroxyl groups excluding tert-OH is 2. The van der Waals surface area contributed by atoms with E-state index in [9.17, 15) is 24.9 Å². The summed E-state index contributed by atoms with van der Waals surface area (Å²) in [6.07, 6.45) is -1.42. The van der Waals surface area contributed by atoms with Crippen LogP contribution in [-0.2, 0) is 34.2 Å². The first-order chi connectivity index (χ1) is 24.0. The number of rotatable bonds is 2. The molecule has 3 N–H and O–H groups in total. The SMILES string of the molecule is CC(C)(C)OC(=O)N1c2ccc(Br)cc2C(C)(C)c2cc(CO)ccc21.CC(C)(C)c1c(Br)ccc2c1C(C)(C)c1cc(CO)ccc1N2C(=O)O. The summed E-state index contributed by atoms with van der Waals surface area (Å²) in [5.41, 5.74) is 8.08. The Morgan fingerprint density at radius 1 is 0.673 bits per heavy atom. The molecule has 2 aliphatic heterocycles. The van der Waals surface area contributed by atoms with Gasteiger partial charge in [0.15, 0.2) is 0 Å². The molecule has 276 valence electrons. The summed E-state index contributed by atoms with van der Waals surface area (Å²) in [5, 5.41) is 29.1. The lowest BCUT2D eigenvalue weighted by atomic mass is 9.67. The average molecular weight is 837 g/mol. The highest BCUT2D eigenvalue weighted by molar-refractivity contribution is 9.10. The lowest BCUT2D eigenvalue weighted by Gasteiger charge is -2.43. The van der Waals surface area contributed by atoms with Gasteiger partial charge in [0.25, 0.3) is 0 Å². The first-order valence-electron chi connectivity index (χ1n) is 17.2. The Morgan fingerprint density at radius 2 is 1.13 bits per heavy atom. The first kappa shape index (κ1) is 39.5. The van der Waals surface area contributed by atoms with E-state index in [1.165, 1.54) is 4.90 Å². The highest BCUT2D eigenvalue weighted by atomic mass is 79.9. The molecular weight excluding hydrogens is 788 g/mol. The normalized spacial score (nSPS) is 15.3. The minimum Gasteiger partial charge on any atom is -0.464 e. The van der Waals surface area contributed by atoms with Crippen molar-refractivity contribution >= 4 is 66.8 Å². The van der Waals surface area contributed by atoms with Gasteiger partial charge in [0.05, 0.1) is 36.0 Å². The second kappa shape index (κ2) is 13.9. The molecule has 0 spiro atoms. The number of carbonyl (C=O) groups is 2. The van der Waals surface area contributed by atoms with E-state index in [0.29, 0.717) is 11.4 Å². The lowest BCUT2D eigenvalue weighted by molar-refractivity contribution is 0.0597. The maximum absolute atomic E-state index is 13.0. The highest BCUT2D eigenvalue weighted by Crippen LogP contribution is 2.54. The Balaban J connectivity index is 0.000000201. The largest absolute Gasteiger partial charge is 0.464 e. The van der Waals surface area contributed by atoms with Crippen LogP contribution in [0.2, 0.25) is 0 Å². The number of ether oxygens (including phenoxy) is 1. The summed E-state index contributed by atoms with van der Waals surface area (Å²) in [6, 6.07) is 20.9. The summed E-state index contributed by atoms with van der Waals surface area (Å²) < 4.78 is 7.60. The lowest BCUT2D eigenvalue weighted by Crippen LogP contribution is -2.39. The van der Waals surface area contributed by atoms with Crippen molar-refractivity contribution in [2.24, 2.45) is 0 Å². The van der Waals surface area contributed by atoms with Gasteiger partial charge in [-0.05, 0) is 108 Å². The van der Waals surface area contributed by atoms with Gasteiger partial charge >= 0.3 is 12.2 Å². The van der Waals surface area contributed by atoms with E-state index >= 15 is 0 Å². The van der Waals surface area contributed by atoms with E-state index < -0.39 is 23.2 Å². The molecule has 2 aliphatic rings. The molecule has 0 fully saturated rings. The van der Waals surface area contributed by atoms with Gasteiger partial charge in [-0.15, -0.1) is 0 Å². The van der Waals surface area contributed by atoms with Crippen LogP contribution in [-0.4, -0.2) is 33.1 Å². The number of hydrogen-bond donors (Lipinski definition) is 3. The molecule has 0 aromatic heterocycles. The van der Waals surface area contributed by atoms with Crippen LogP contribution in [0.4, 0.5) is 32.3 Å². The van der Waals surface area contributed by atoms with Gasteiger partial charge in [-0.25, -0.2) is 19.4 Å². The Labute approximate surface area is 323 Å². The molecule has 2 heterocycles. The summed E-state index contributed by atoms with van der Waals surface area (Å²) >= 11 is 7.22. The number of amides is 2. The van der Waals surface area contributed by atoms with Crippen molar-refractivity contribution < 1.29 is 29.6 Å². The fourth-order valence-electron chi connectivity index (χ4n) is 7.33. The van der Waals surface area contributed by atoms with Gasteiger partial charge in [-0.3, -0.25) is 0 Å². The second-order valence-corrected chi connectivity index (χ2v) is 18.2. The van der Waals surface area contributed by atoms with Crippen molar-refractivity contribution in [3.8, 4) is 0 Å². The molecule has 4 aromatic rings. The quantitative estimate of drug-likeness (QED) is 0.185.